The number of benzene rings is 1. The van der Waals surface area contributed by atoms with Crippen molar-refractivity contribution in [2.75, 3.05) is 13.7 Å². The third-order valence-electron chi connectivity index (χ3n) is 2.72. The molecule has 1 aromatic rings. The normalized spacial score (nSPS) is 10.6. The Labute approximate surface area is 121 Å². The number of halogens is 2. The van der Waals surface area contributed by atoms with Gasteiger partial charge in [-0.3, -0.25) is 9.59 Å². The molecule has 0 heterocycles. The lowest BCUT2D eigenvalue weighted by Gasteiger charge is -2.25. The fourth-order valence-corrected chi connectivity index (χ4v) is 1.66. The van der Waals surface area contributed by atoms with Gasteiger partial charge in [-0.15, -0.1) is 0 Å². The van der Waals surface area contributed by atoms with Gasteiger partial charge in [0, 0.05) is 11.6 Å². The molecule has 0 saturated heterocycles. The average molecular weight is 301 g/mol. The number of ether oxygens (including phenoxy) is 2. The maximum atomic E-state index is 12.4. The van der Waals surface area contributed by atoms with Crippen molar-refractivity contribution in [2.24, 2.45) is 0 Å². The second-order valence-corrected chi connectivity index (χ2v) is 4.51. The van der Waals surface area contributed by atoms with E-state index in [1.54, 1.807) is 13.8 Å². The van der Waals surface area contributed by atoms with E-state index in [0.717, 1.165) is 0 Å². The summed E-state index contributed by atoms with van der Waals surface area (Å²) in [5.41, 5.74) is 0.158. The molecular weight excluding hydrogens is 284 g/mol. The molecule has 7 heteroatoms. The van der Waals surface area contributed by atoms with Crippen molar-refractivity contribution in [1.82, 2.24) is 4.90 Å². The Kier molecular flexibility index (Phi) is 6.08. The van der Waals surface area contributed by atoms with Crippen LogP contribution in [0.1, 0.15) is 24.2 Å². The van der Waals surface area contributed by atoms with Gasteiger partial charge >= 0.3 is 12.6 Å². The molecular formula is C14H17F2NO4. The zero-order valence-corrected chi connectivity index (χ0v) is 12.0. The zero-order chi connectivity index (χ0) is 16.0. The van der Waals surface area contributed by atoms with Crippen LogP contribution in [-0.2, 0) is 9.53 Å². The van der Waals surface area contributed by atoms with E-state index in [1.807, 2.05) is 0 Å². The lowest BCUT2D eigenvalue weighted by molar-refractivity contribution is -0.141. The third-order valence-corrected chi connectivity index (χ3v) is 2.72. The van der Waals surface area contributed by atoms with Gasteiger partial charge in [0.25, 0.3) is 5.91 Å². The second-order valence-electron chi connectivity index (χ2n) is 4.51. The maximum Gasteiger partial charge on any atom is 0.387 e. The van der Waals surface area contributed by atoms with Crippen LogP contribution in [0.3, 0.4) is 0 Å². The van der Waals surface area contributed by atoms with Crippen LogP contribution in [0.15, 0.2) is 24.3 Å². The fraction of sp³-hybridized carbons (Fsp3) is 0.429. The van der Waals surface area contributed by atoms with Crippen LogP contribution in [0.25, 0.3) is 0 Å². The first-order valence-electron chi connectivity index (χ1n) is 6.27. The van der Waals surface area contributed by atoms with Crippen molar-refractivity contribution < 1.29 is 27.8 Å². The molecule has 0 bridgehead atoms. The summed E-state index contributed by atoms with van der Waals surface area (Å²) in [6.45, 7) is 0.291. The number of hydrogen-bond donors (Lipinski definition) is 0. The molecule has 0 radical (unpaired) electrons. The minimum atomic E-state index is -2.97. The lowest BCUT2D eigenvalue weighted by Crippen LogP contribution is -2.41. The summed E-state index contributed by atoms with van der Waals surface area (Å²) >= 11 is 0. The summed E-state index contributed by atoms with van der Waals surface area (Å²) in [4.78, 5) is 25.0. The Balaban J connectivity index is 2.95. The summed E-state index contributed by atoms with van der Waals surface area (Å²) in [6.07, 6.45) is 0. The highest BCUT2D eigenvalue weighted by Crippen LogP contribution is 2.18. The molecule has 0 aliphatic carbocycles. The third kappa shape index (κ3) is 5.02. The molecule has 0 aromatic heterocycles. The molecule has 0 aliphatic heterocycles. The van der Waals surface area contributed by atoms with Gasteiger partial charge in [-0.1, -0.05) is 6.07 Å². The SMILES string of the molecule is COC(=O)CN(C(=O)c1cccc(OC(F)F)c1)C(C)C. The van der Waals surface area contributed by atoms with Crippen molar-refractivity contribution in [3.8, 4) is 5.75 Å². The van der Waals surface area contributed by atoms with Gasteiger partial charge in [-0.2, -0.15) is 8.78 Å². The molecule has 1 aromatic carbocycles. The fourth-order valence-electron chi connectivity index (χ4n) is 1.66. The molecule has 5 nitrogen and oxygen atoms in total. The van der Waals surface area contributed by atoms with Crippen LogP contribution in [0.5, 0.6) is 5.75 Å². The van der Waals surface area contributed by atoms with Gasteiger partial charge in [-0.05, 0) is 32.0 Å². The van der Waals surface area contributed by atoms with E-state index < -0.39 is 18.5 Å². The van der Waals surface area contributed by atoms with Crippen molar-refractivity contribution >= 4 is 11.9 Å². The number of esters is 1. The van der Waals surface area contributed by atoms with Crippen LogP contribution in [-0.4, -0.2) is 43.1 Å². The summed E-state index contributed by atoms with van der Waals surface area (Å²) in [7, 11) is 1.22. The van der Waals surface area contributed by atoms with Crippen molar-refractivity contribution in [3.63, 3.8) is 0 Å². The predicted octanol–water partition coefficient (Wildman–Crippen LogP) is 2.31. The zero-order valence-electron chi connectivity index (χ0n) is 12.0. The van der Waals surface area contributed by atoms with E-state index in [-0.39, 0.29) is 23.9 Å². The highest BCUT2D eigenvalue weighted by Gasteiger charge is 2.22. The highest BCUT2D eigenvalue weighted by atomic mass is 19.3. The lowest BCUT2D eigenvalue weighted by atomic mass is 10.1. The van der Waals surface area contributed by atoms with Gasteiger partial charge in [0.15, 0.2) is 0 Å². The van der Waals surface area contributed by atoms with Gasteiger partial charge in [0.2, 0.25) is 0 Å². The van der Waals surface area contributed by atoms with Gasteiger partial charge in [-0.25, -0.2) is 0 Å². The molecule has 21 heavy (non-hydrogen) atoms. The van der Waals surface area contributed by atoms with E-state index in [9.17, 15) is 18.4 Å². The molecule has 0 spiro atoms. The van der Waals surface area contributed by atoms with Gasteiger partial charge in [0.05, 0.1) is 7.11 Å². The summed E-state index contributed by atoms with van der Waals surface area (Å²) in [5.74, 6) is -1.13. The van der Waals surface area contributed by atoms with Crippen molar-refractivity contribution in [3.05, 3.63) is 29.8 Å². The molecule has 0 N–H and O–H groups in total. The number of methoxy groups -OCH3 is 1. The minimum absolute atomic E-state index is 0.113. The number of alkyl halides is 2. The Morgan fingerprint density at radius 1 is 1.29 bits per heavy atom. The van der Waals surface area contributed by atoms with Crippen LogP contribution in [0.4, 0.5) is 8.78 Å². The predicted molar refractivity (Wildman–Crippen MR) is 71.3 cm³/mol. The number of hydrogen-bond acceptors (Lipinski definition) is 4. The second kappa shape index (κ2) is 7.56. The number of amides is 1. The molecule has 0 unspecified atom stereocenters. The molecule has 0 atom stereocenters. The topological polar surface area (TPSA) is 55.8 Å². The van der Waals surface area contributed by atoms with E-state index in [1.165, 1.54) is 36.3 Å². The largest absolute Gasteiger partial charge is 0.468 e. The first-order valence-corrected chi connectivity index (χ1v) is 6.27. The van der Waals surface area contributed by atoms with E-state index in [4.69, 9.17) is 0 Å². The maximum absolute atomic E-state index is 12.4. The number of rotatable bonds is 6. The van der Waals surface area contributed by atoms with Crippen molar-refractivity contribution in [2.45, 2.75) is 26.5 Å². The van der Waals surface area contributed by atoms with Crippen LogP contribution in [0, 0.1) is 0 Å². The average Bonchev–Trinajstić information content (AvgIpc) is 2.43. The highest BCUT2D eigenvalue weighted by molar-refractivity contribution is 5.96. The Hall–Kier alpha value is -2.18. The molecule has 0 saturated carbocycles. The van der Waals surface area contributed by atoms with E-state index in [2.05, 4.69) is 9.47 Å². The minimum Gasteiger partial charge on any atom is -0.468 e. The molecule has 1 rings (SSSR count). The van der Waals surface area contributed by atoms with Gasteiger partial charge in [0.1, 0.15) is 12.3 Å². The first-order chi connectivity index (χ1) is 9.85. The number of carbonyl (C=O) groups excluding carboxylic acids is 2. The molecule has 116 valence electrons. The van der Waals surface area contributed by atoms with E-state index >= 15 is 0 Å². The molecule has 0 aliphatic rings. The standard InChI is InChI=1S/C14H17F2NO4/c1-9(2)17(8-12(18)20-3)13(19)10-5-4-6-11(7-10)21-14(15)16/h4-7,9,14H,8H2,1-3H3. The Morgan fingerprint density at radius 3 is 2.48 bits per heavy atom. The Morgan fingerprint density at radius 2 is 1.95 bits per heavy atom. The first kappa shape index (κ1) is 16.9. The molecule has 1 amide bonds. The number of carbonyl (C=O) groups is 2. The van der Waals surface area contributed by atoms with Crippen molar-refractivity contribution in [1.29, 1.82) is 0 Å². The van der Waals surface area contributed by atoms with Crippen LogP contribution >= 0.6 is 0 Å². The smallest absolute Gasteiger partial charge is 0.387 e. The summed E-state index contributed by atoms with van der Waals surface area (Å²) in [6, 6.07) is 5.18. The summed E-state index contributed by atoms with van der Waals surface area (Å²) < 4.78 is 33.1. The quantitative estimate of drug-likeness (QED) is 0.757. The molecule has 0 fully saturated rings. The van der Waals surface area contributed by atoms with Crippen LogP contribution < -0.4 is 4.74 Å². The van der Waals surface area contributed by atoms with Gasteiger partial charge < -0.3 is 14.4 Å². The Bertz CT molecular complexity index is 506. The number of nitrogens with zero attached hydrogens (tertiary/aromatic N) is 1. The van der Waals surface area contributed by atoms with Crippen LogP contribution in [0.2, 0.25) is 0 Å². The monoisotopic (exact) mass is 301 g/mol. The summed E-state index contributed by atoms with van der Waals surface area (Å²) in [5, 5.41) is 0. The van der Waals surface area contributed by atoms with E-state index in [0.29, 0.717) is 0 Å².